The largest absolute Gasteiger partial charge is 0.462 e. The van der Waals surface area contributed by atoms with Crippen LogP contribution in [0.1, 0.15) is 35.9 Å². The molecule has 1 atom stereocenters. The predicted octanol–water partition coefficient (Wildman–Crippen LogP) is 4.19. The molecule has 29 heavy (non-hydrogen) atoms. The number of hydrogen-bond donors (Lipinski definition) is 0. The standard InChI is InChI=1S/C22H26N2O4S/c1-6-27-9-10-28-22(26)15(4)24-12-23-20-19(21(24)25)18(16(5)29-20)17-8-7-13(2)14(3)11-17/h7-8,11-12,15H,6,9-10H2,1-5H3/t15-/m1/s1. The van der Waals surface area contributed by atoms with Crippen molar-refractivity contribution in [2.24, 2.45) is 0 Å². The third kappa shape index (κ3) is 4.26. The highest BCUT2D eigenvalue weighted by Crippen LogP contribution is 2.36. The Bertz CT molecular complexity index is 1100. The number of benzene rings is 1. The molecule has 0 N–H and O–H groups in total. The molecule has 0 amide bonds. The van der Waals surface area contributed by atoms with E-state index in [1.165, 1.54) is 27.8 Å². The molecule has 0 aliphatic carbocycles. The zero-order valence-corrected chi connectivity index (χ0v) is 18.3. The molecule has 1 aromatic carbocycles. The number of esters is 1. The number of hydrogen-bond acceptors (Lipinski definition) is 6. The van der Waals surface area contributed by atoms with E-state index in [4.69, 9.17) is 9.47 Å². The van der Waals surface area contributed by atoms with E-state index >= 15 is 0 Å². The van der Waals surface area contributed by atoms with Gasteiger partial charge in [-0.05, 0) is 51.3 Å². The molecule has 0 fully saturated rings. The number of thiophene rings is 1. The molecule has 0 bridgehead atoms. The molecule has 0 saturated heterocycles. The van der Waals surface area contributed by atoms with Gasteiger partial charge < -0.3 is 9.47 Å². The molecule has 154 valence electrons. The predicted molar refractivity (Wildman–Crippen MR) is 116 cm³/mol. The number of fused-ring (bicyclic) bond motifs is 1. The molecule has 3 aromatic rings. The van der Waals surface area contributed by atoms with Gasteiger partial charge in [0.15, 0.2) is 0 Å². The van der Waals surface area contributed by atoms with E-state index in [0.29, 0.717) is 23.4 Å². The van der Waals surface area contributed by atoms with E-state index in [1.54, 1.807) is 6.92 Å². The van der Waals surface area contributed by atoms with Crippen LogP contribution in [0.2, 0.25) is 0 Å². The van der Waals surface area contributed by atoms with Crippen LogP contribution in [-0.2, 0) is 14.3 Å². The van der Waals surface area contributed by atoms with Crippen molar-refractivity contribution >= 4 is 27.5 Å². The van der Waals surface area contributed by atoms with E-state index < -0.39 is 12.0 Å². The van der Waals surface area contributed by atoms with Crippen molar-refractivity contribution < 1.29 is 14.3 Å². The summed E-state index contributed by atoms with van der Waals surface area (Å²) in [6.45, 7) is 10.7. The van der Waals surface area contributed by atoms with Crippen molar-refractivity contribution in [1.29, 1.82) is 0 Å². The molecular formula is C22H26N2O4S. The van der Waals surface area contributed by atoms with E-state index in [1.807, 2.05) is 19.9 Å². The van der Waals surface area contributed by atoms with E-state index in [0.717, 1.165) is 21.6 Å². The zero-order valence-electron chi connectivity index (χ0n) is 17.4. The molecule has 7 heteroatoms. The maximum Gasteiger partial charge on any atom is 0.329 e. The van der Waals surface area contributed by atoms with Gasteiger partial charge in [0.25, 0.3) is 5.56 Å². The van der Waals surface area contributed by atoms with Crippen LogP contribution in [0.3, 0.4) is 0 Å². The van der Waals surface area contributed by atoms with E-state index in [9.17, 15) is 9.59 Å². The van der Waals surface area contributed by atoms with Crippen LogP contribution in [0.15, 0.2) is 29.3 Å². The lowest BCUT2D eigenvalue weighted by Crippen LogP contribution is -2.30. The highest BCUT2D eigenvalue weighted by Gasteiger charge is 2.22. The first kappa shape index (κ1) is 21.2. The maximum atomic E-state index is 13.3. The SMILES string of the molecule is CCOCCOC(=O)[C@@H](C)n1cnc2sc(C)c(-c3ccc(C)c(C)c3)c2c1=O. The first-order valence-corrected chi connectivity index (χ1v) is 10.5. The average molecular weight is 415 g/mol. The molecular weight excluding hydrogens is 388 g/mol. The lowest BCUT2D eigenvalue weighted by atomic mass is 9.99. The van der Waals surface area contributed by atoms with Gasteiger partial charge in [0.2, 0.25) is 0 Å². The number of rotatable bonds is 7. The summed E-state index contributed by atoms with van der Waals surface area (Å²) in [5.74, 6) is -0.479. The maximum absolute atomic E-state index is 13.3. The Kier molecular flexibility index (Phi) is 6.49. The molecule has 6 nitrogen and oxygen atoms in total. The molecule has 0 aliphatic rings. The van der Waals surface area contributed by atoms with Gasteiger partial charge in [0.05, 0.1) is 18.3 Å². The summed E-state index contributed by atoms with van der Waals surface area (Å²) in [6, 6.07) is 5.40. The molecule has 0 radical (unpaired) electrons. The summed E-state index contributed by atoms with van der Waals surface area (Å²) < 4.78 is 11.8. The molecule has 2 heterocycles. The summed E-state index contributed by atoms with van der Waals surface area (Å²) >= 11 is 1.49. The molecule has 3 rings (SSSR count). The Morgan fingerprint density at radius 1 is 1.21 bits per heavy atom. The van der Waals surface area contributed by atoms with Gasteiger partial charge in [-0.3, -0.25) is 9.36 Å². The fraction of sp³-hybridized carbons (Fsp3) is 0.409. The Balaban J connectivity index is 2.02. The summed E-state index contributed by atoms with van der Waals surface area (Å²) in [7, 11) is 0. The van der Waals surface area contributed by atoms with Gasteiger partial charge in [0.1, 0.15) is 17.5 Å². The lowest BCUT2D eigenvalue weighted by Gasteiger charge is -2.14. The Hall–Kier alpha value is -2.51. The highest BCUT2D eigenvalue weighted by molar-refractivity contribution is 7.19. The van der Waals surface area contributed by atoms with Gasteiger partial charge >= 0.3 is 5.97 Å². The van der Waals surface area contributed by atoms with Crippen LogP contribution >= 0.6 is 11.3 Å². The fourth-order valence-electron chi connectivity index (χ4n) is 3.22. The molecule has 0 aliphatic heterocycles. The number of nitrogens with zero attached hydrogens (tertiary/aromatic N) is 2. The van der Waals surface area contributed by atoms with E-state index in [-0.39, 0.29) is 12.2 Å². The van der Waals surface area contributed by atoms with E-state index in [2.05, 4.69) is 31.0 Å². The number of aromatic nitrogens is 2. The van der Waals surface area contributed by atoms with Crippen molar-refractivity contribution in [3.8, 4) is 11.1 Å². The van der Waals surface area contributed by atoms with Crippen molar-refractivity contribution in [3.05, 3.63) is 50.9 Å². The van der Waals surface area contributed by atoms with Crippen LogP contribution in [0, 0.1) is 20.8 Å². The minimum absolute atomic E-state index is 0.160. The third-order valence-corrected chi connectivity index (χ3v) is 6.06. The first-order chi connectivity index (χ1) is 13.8. The lowest BCUT2D eigenvalue weighted by molar-refractivity contribution is -0.148. The minimum atomic E-state index is -0.770. The average Bonchev–Trinajstić information content (AvgIpc) is 3.04. The number of ether oxygens (including phenoxy) is 2. The van der Waals surface area contributed by atoms with Gasteiger partial charge in [-0.15, -0.1) is 11.3 Å². The highest BCUT2D eigenvalue weighted by atomic mass is 32.1. The van der Waals surface area contributed by atoms with Crippen molar-refractivity contribution in [1.82, 2.24) is 9.55 Å². The minimum Gasteiger partial charge on any atom is -0.462 e. The number of carbonyl (C=O) groups excluding carboxylic acids is 1. The summed E-state index contributed by atoms with van der Waals surface area (Å²) in [4.78, 5) is 31.8. The second-order valence-corrected chi connectivity index (χ2v) is 8.21. The quantitative estimate of drug-likeness (QED) is 0.428. The zero-order chi connectivity index (χ0) is 21.1. The van der Waals surface area contributed by atoms with Crippen LogP contribution in [0.5, 0.6) is 0 Å². The molecule has 0 unspecified atom stereocenters. The van der Waals surface area contributed by atoms with Gasteiger partial charge in [0, 0.05) is 17.0 Å². The molecule has 0 spiro atoms. The van der Waals surface area contributed by atoms with Crippen LogP contribution in [0.25, 0.3) is 21.3 Å². The first-order valence-electron chi connectivity index (χ1n) is 9.67. The monoisotopic (exact) mass is 414 g/mol. The third-order valence-electron chi connectivity index (χ3n) is 5.04. The van der Waals surface area contributed by atoms with Crippen LogP contribution in [-0.4, -0.2) is 35.3 Å². The van der Waals surface area contributed by atoms with Gasteiger partial charge in [-0.2, -0.15) is 0 Å². The Morgan fingerprint density at radius 3 is 2.66 bits per heavy atom. The van der Waals surface area contributed by atoms with Gasteiger partial charge in [-0.1, -0.05) is 18.2 Å². The van der Waals surface area contributed by atoms with Crippen LogP contribution < -0.4 is 5.56 Å². The second kappa shape index (κ2) is 8.88. The summed E-state index contributed by atoms with van der Waals surface area (Å²) in [5, 5.41) is 0.548. The Morgan fingerprint density at radius 2 is 1.97 bits per heavy atom. The Labute approximate surface area is 174 Å². The molecule has 0 saturated carbocycles. The fourth-order valence-corrected chi connectivity index (χ4v) is 4.22. The summed E-state index contributed by atoms with van der Waals surface area (Å²) in [5.41, 5.74) is 4.00. The topological polar surface area (TPSA) is 70.4 Å². The summed E-state index contributed by atoms with van der Waals surface area (Å²) in [6.07, 6.45) is 1.43. The number of carbonyl (C=O) groups is 1. The normalized spacial score (nSPS) is 12.3. The smallest absolute Gasteiger partial charge is 0.329 e. The van der Waals surface area contributed by atoms with Crippen molar-refractivity contribution in [2.45, 2.75) is 40.7 Å². The van der Waals surface area contributed by atoms with Crippen molar-refractivity contribution in [2.75, 3.05) is 19.8 Å². The van der Waals surface area contributed by atoms with Crippen molar-refractivity contribution in [3.63, 3.8) is 0 Å². The second-order valence-electron chi connectivity index (χ2n) is 7.01. The number of aryl methyl sites for hydroxylation is 3. The van der Waals surface area contributed by atoms with Crippen LogP contribution in [0.4, 0.5) is 0 Å². The molecule has 2 aromatic heterocycles. The van der Waals surface area contributed by atoms with Gasteiger partial charge in [-0.25, -0.2) is 9.78 Å².